The van der Waals surface area contributed by atoms with E-state index >= 15 is 0 Å². The first-order valence-corrected chi connectivity index (χ1v) is 8.57. The lowest BCUT2D eigenvalue weighted by atomic mass is 10.2. The summed E-state index contributed by atoms with van der Waals surface area (Å²) in [5.74, 6) is 0.793. The Labute approximate surface area is 166 Å². The molecule has 8 nitrogen and oxygen atoms in total. The van der Waals surface area contributed by atoms with E-state index in [-0.39, 0.29) is 41.9 Å². The molecule has 25 heavy (non-hydrogen) atoms. The summed E-state index contributed by atoms with van der Waals surface area (Å²) < 4.78 is 5.37. The van der Waals surface area contributed by atoms with Gasteiger partial charge in [0.25, 0.3) is 0 Å². The van der Waals surface area contributed by atoms with E-state index in [9.17, 15) is 9.59 Å². The van der Waals surface area contributed by atoms with Crippen molar-refractivity contribution in [2.75, 3.05) is 39.3 Å². The molecule has 1 aliphatic heterocycles. The number of aliphatic imine (C=N–C) groups is 1. The highest BCUT2D eigenvalue weighted by Crippen LogP contribution is 2.28. The van der Waals surface area contributed by atoms with Crippen molar-refractivity contribution in [2.45, 2.75) is 39.2 Å². The lowest BCUT2D eigenvalue weighted by Gasteiger charge is -2.36. The van der Waals surface area contributed by atoms with Crippen LogP contribution in [0.4, 0.5) is 4.79 Å². The van der Waals surface area contributed by atoms with Crippen LogP contribution in [0.15, 0.2) is 4.99 Å². The Morgan fingerprint density at radius 2 is 1.72 bits per heavy atom. The molecule has 2 rings (SSSR count). The van der Waals surface area contributed by atoms with E-state index in [4.69, 9.17) is 10.5 Å². The normalized spacial score (nSPS) is 18.4. The van der Waals surface area contributed by atoms with Crippen LogP contribution in [0, 0.1) is 5.92 Å². The molecule has 2 aliphatic rings. The second-order valence-corrected chi connectivity index (χ2v) is 7.26. The van der Waals surface area contributed by atoms with Crippen molar-refractivity contribution in [3.05, 3.63) is 0 Å². The molecule has 0 aromatic rings. The quantitative estimate of drug-likeness (QED) is 0.278. The van der Waals surface area contributed by atoms with Crippen molar-refractivity contribution in [1.29, 1.82) is 0 Å². The van der Waals surface area contributed by atoms with Gasteiger partial charge < -0.3 is 25.6 Å². The maximum atomic E-state index is 12.0. The number of nitrogens with one attached hydrogen (secondary N) is 1. The monoisotopic (exact) mass is 467 g/mol. The van der Waals surface area contributed by atoms with Crippen molar-refractivity contribution >= 4 is 41.9 Å². The number of carbonyl (C=O) groups is 2. The Hall–Kier alpha value is -1.26. The predicted octanol–water partition coefficient (Wildman–Crippen LogP) is 0.998. The first kappa shape index (κ1) is 21.8. The molecule has 1 heterocycles. The average molecular weight is 467 g/mol. The van der Waals surface area contributed by atoms with Crippen LogP contribution in [0.2, 0.25) is 0 Å². The van der Waals surface area contributed by atoms with Gasteiger partial charge in [0.15, 0.2) is 5.96 Å². The zero-order valence-electron chi connectivity index (χ0n) is 15.3. The molecule has 0 aromatic carbocycles. The fourth-order valence-corrected chi connectivity index (χ4v) is 2.38. The standard InChI is InChI=1S/C16H29N5O3.HI/c1-16(2,3)24-15(23)21-10-8-20(9-11-21)14(17)19-7-6-18-13(22)12-4-5-12;/h12H,4-11H2,1-3H3,(H2,17,19)(H,18,22);1H. The van der Waals surface area contributed by atoms with Gasteiger partial charge in [-0.1, -0.05) is 0 Å². The highest BCUT2D eigenvalue weighted by Gasteiger charge is 2.29. The van der Waals surface area contributed by atoms with Crippen LogP contribution >= 0.6 is 24.0 Å². The lowest BCUT2D eigenvalue weighted by molar-refractivity contribution is -0.122. The number of nitrogens with zero attached hydrogens (tertiary/aromatic N) is 3. The van der Waals surface area contributed by atoms with Gasteiger partial charge in [0.1, 0.15) is 5.60 Å². The molecule has 144 valence electrons. The Bertz CT molecular complexity index is 494. The molecule has 2 fully saturated rings. The van der Waals surface area contributed by atoms with Gasteiger partial charge in [-0.2, -0.15) is 0 Å². The maximum Gasteiger partial charge on any atom is 0.410 e. The molecule has 0 spiro atoms. The lowest BCUT2D eigenvalue weighted by Crippen LogP contribution is -2.53. The van der Waals surface area contributed by atoms with E-state index in [2.05, 4.69) is 10.3 Å². The number of carbonyl (C=O) groups excluding carboxylic acids is 2. The predicted molar refractivity (Wildman–Crippen MR) is 107 cm³/mol. The first-order valence-electron chi connectivity index (χ1n) is 8.57. The Morgan fingerprint density at radius 1 is 1.16 bits per heavy atom. The van der Waals surface area contributed by atoms with E-state index in [1.54, 1.807) is 4.90 Å². The Balaban J connectivity index is 0.00000312. The van der Waals surface area contributed by atoms with Gasteiger partial charge in [-0.25, -0.2) is 4.79 Å². The minimum absolute atomic E-state index is 0. The first-order chi connectivity index (χ1) is 11.3. The molecule has 3 N–H and O–H groups in total. The molecule has 1 aliphatic carbocycles. The molecule has 0 radical (unpaired) electrons. The van der Waals surface area contributed by atoms with Crippen molar-refractivity contribution in [3.63, 3.8) is 0 Å². The topological polar surface area (TPSA) is 100 Å². The average Bonchev–Trinajstić information content (AvgIpc) is 3.34. The minimum atomic E-state index is -0.487. The van der Waals surface area contributed by atoms with Crippen molar-refractivity contribution in [3.8, 4) is 0 Å². The summed E-state index contributed by atoms with van der Waals surface area (Å²) in [6, 6.07) is 0. The van der Waals surface area contributed by atoms with Crippen LogP contribution < -0.4 is 11.1 Å². The molecule has 0 bridgehead atoms. The van der Waals surface area contributed by atoms with E-state index in [0.717, 1.165) is 12.8 Å². The molecular weight excluding hydrogens is 437 g/mol. The molecule has 2 amide bonds. The SMILES string of the molecule is CC(C)(C)OC(=O)N1CCN(C(N)=NCCNC(=O)C2CC2)CC1.I. The zero-order chi connectivity index (χ0) is 17.7. The number of hydrogen-bond donors (Lipinski definition) is 2. The van der Waals surface area contributed by atoms with Crippen molar-refractivity contribution in [1.82, 2.24) is 15.1 Å². The minimum Gasteiger partial charge on any atom is -0.444 e. The summed E-state index contributed by atoms with van der Waals surface area (Å²) in [6.07, 6.45) is 1.71. The Kier molecular flexibility index (Phi) is 8.23. The number of nitrogens with two attached hydrogens (primary N) is 1. The number of rotatable bonds is 4. The molecule has 0 atom stereocenters. The summed E-state index contributed by atoms with van der Waals surface area (Å²) in [7, 11) is 0. The van der Waals surface area contributed by atoms with Crippen LogP contribution in [0.25, 0.3) is 0 Å². The number of hydrogen-bond acceptors (Lipinski definition) is 4. The van der Waals surface area contributed by atoms with Crippen LogP contribution in [0.3, 0.4) is 0 Å². The van der Waals surface area contributed by atoms with Gasteiger partial charge in [0.2, 0.25) is 5.91 Å². The molecule has 0 unspecified atom stereocenters. The number of halogens is 1. The summed E-state index contributed by atoms with van der Waals surface area (Å²) in [6.45, 7) is 8.92. The van der Waals surface area contributed by atoms with Crippen molar-refractivity contribution in [2.24, 2.45) is 16.6 Å². The Morgan fingerprint density at radius 3 is 2.24 bits per heavy atom. The van der Waals surface area contributed by atoms with Gasteiger partial charge in [-0.05, 0) is 33.6 Å². The second-order valence-electron chi connectivity index (χ2n) is 7.26. The third kappa shape index (κ3) is 7.66. The van der Waals surface area contributed by atoms with Crippen LogP contribution in [-0.4, -0.2) is 72.6 Å². The second kappa shape index (κ2) is 9.44. The molecule has 1 saturated carbocycles. The summed E-state index contributed by atoms with van der Waals surface area (Å²) in [5.41, 5.74) is 5.50. The van der Waals surface area contributed by atoms with E-state index in [0.29, 0.717) is 45.2 Å². The maximum absolute atomic E-state index is 12.0. The third-order valence-electron chi connectivity index (χ3n) is 3.89. The molecular formula is C16H30IN5O3. The molecule has 0 aromatic heterocycles. The fraction of sp³-hybridized carbons (Fsp3) is 0.812. The van der Waals surface area contributed by atoms with Crippen LogP contribution in [0.5, 0.6) is 0 Å². The van der Waals surface area contributed by atoms with Crippen LogP contribution in [-0.2, 0) is 9.53 Å². The number of guanidine groups is 1. The smallest absolute Gasteiger partial charge is 0.410 e. The largest absolute Gasteiger partial charge is 0.444 e. The summed E-state index contributed by atoms with van der Waals surface area (Å²) in [5, 5.41) is 2.86. The van der Waals surface area contributed by atoms with Gasteiger partial charge in [-0.3, -0.25) is 9.79 Å². The third-order valence-corrected chi connectivity index (χ3v) is 3.89. The van der Waals surface area contributed by atoms with E-state index in [1.807, 2.05) is 25.7 Å². The number of amides is 2. The summed E-state index contributed by atoms with van der Waals surface area (Å²) in [4.78, 5) is 31.4. The fourth-order valence-electron chi connectivity index (χ4n) is 2.38. The highest BCUT2D eigenvalue weighted by molar-refractivity contribution is 14.0. The van der Waals surface area contributed by atoms with E-state index < -0.39 is 5.60 Å². The van der Waals surface area contributed by atoms with Gasteiger partial charge in [0.05, 0.1) is 6.54 Å². The van der Waals surface area contributed by atoms with E-state index in [1.165, 1.54) is 0 Å². The van der Waals surface area contributed by atoms with Crippen LogP contribution in [0.1, 0.15) is 33.6 Å². The van der Waals surface area contributed by atoms with Gasteiger partial charge in [-0.15, -0.1) is 24.0 Å². The number of piperazine rings is 1. The van der Waals surface area contributed by atoms with Crippen molar-refractivity contribution < 1.29 is 14.3 Å². The summed E-state index contributed by atoms with van der Waals surface area (Å²) >= 11 is 0. The number of ether oxygens (including phenoxy) is 1. The highest BCUT2D eigenvalue weighted by atomic mass is 127. The zero-order valence-corrected chi connectivity index (χ0v) is 17.6. The molecule has 9 heteroatoms. The van der Waals surface area contributed by atoms with Gasteiger partial charge in [0, 0.05) is 38.6 Å². The van der Waals surface area contributed by atoms with Gasteiger partial charge >= 0.3 is 6.09 Å². The molecule has 1 saturated heterocycles.